The summed E-state index contributed by atoms with van der Waals surface area (Å²) in [5, 5.41) is 0. The number of hydrogen-bond donors (Lipinski definition) is 0. The summed E-state index contributed by atoms with van der Waals surface area (Å²) in [6, 6.07) is 9.58. The van der Waals surface area contributed by atoms with Gasteiger partial charge in [-0.2, -0.15) is 0 Å². The van der Waals surface area contributed by atoms with E-state index < -0.39 is 12.0 Å². The Morgan fingerprint density at radius 1 is 1.06 bits per heavy atom. The van der Waals surface area contributed by atoms with Crippen molar-refractivity contribution in [2.24, 2.45) is 13.0 Å². The van der Waals surface area contributed by atoms with E-state index in [-0.39, 0.29) is 18.5 Å². The number of hydrogen-bond acceptors (Lipinski definition) is 5. The third-order valence-electron chi connectivity index (χ3n) is 5.51. The first-order valence-electron chi connectivity index (χ1n) is 11.4. The minimum absolute atomic E-state index is 0.208. The SMILES string of the molecule is CCCCCCCC(=O)O[C@H](Cc1cncn1C)[C@H](CC)C(=O)OCc1ccccc1. The van der Waals surface area contributed by atoms with E-state index in [0.717, 1.165) is 30.5 Å². The highest BCUT2D eigenvalue weighted by Crippen LogP contribution is 2.21. The molecule has 0 aliphatic carbocycles. The predicted molar refractivity (Wildman–Crippen MR) is 120 cm³/mol. The number of ether oxygens (including phenoxy) is 2. The summed E-state index contributed by atoms with van der Waals surface area (Å²) in [5.74, 6) is -1.12. The summed E-state index contributed by atoms with van der Waals surface area (Å²) in [7, 11) is 1.89. The molecule has 1 aromatic heterocycles. The molecule has 0 amide bonds. The van der Waals surface area contributed by atoms with E-state index in [1.807, 2.05) is 48.9 Å². The minimum Gasteiger partial charge on any atom is -0.461 e. The lowest BCUT2D eigenvalue weighted by Gasteiger charge is -2.25. The summed E-state index contributed by atoms with van der Waals surface area (Å²) < 4.78 is 13.3. The van der Waals surface area contributed by atoms with Crippen LogP contribution in [0, 0.1) is 5.92 Å². The predicted octanol–water partition coefficient (Wildman–Crippen LogP) is 5.00. The molecule has 170 valence electrons. The van der Waals surface area contributed by atoms with Gasteiger partial charge in [-0.05, 0) is 18.4 Å². The molecule has 31 heavy (non-hydrogen) atoms. The Morgan fingerprint density at radius 3 is 2.45 bits per heavy atom. The quantitative estimate of drug-likeness (QED) is 0.313. The molecular weight excluding hydrogens is 392 g/mol. The molecule has 6 heteroatoms. The van der Waals surface area contributed by atoms with E-state index in [1.54, 1.807) is 12.5 Å². The van der Waals surface area contributed by atoms with Crippen molar-refractivity contribution < 1.29 is 19.1 Å². The monoisotopic (exact) mass is 428 g/mol. The van der Waals surface area contributed by atoms with Crippen molar-refractivity contribution in [2.45, 2.75) is 77.9 Å². The molecule has 0 unspecified atom stereocenters. The summed E-state index contributed by atoms with van der Waals surface area (Å²) in [6.45, 7) is 4.29. The number of nitrogens with zero attached hydrogens (tertiary/aromatic N) is 2. The van der Waals surface area contributed by atoms with Crippen molar-refractivity contribution in [1.82, 2.24) is 9.55 Å². The second-order valence-electron chi connectivity index (χ2n) is 8.00. The topological polar surface area (TPSA) is 70.4 Å². The second-order valence-corrected chi connectivity index (χ2v) is 8.00. The third kappa shape index (κ3) is 8.56. The van der Waals surface area contributed by atoms with E-state index >= 15 is 0 Å². The molecular formula is C25H36N2O4. The van der Waals surface area contributed by atoms with Crippen LogP contribution in [0.15, 0.2) is 42.9 Å². The van der Waals surface area contributed by atoms with Crippen molar-refractivity contribution in [3.8, 4) is 0 Å². The Bertz CT molecular complexity index is 788. The first-order valence-corrected chi connectivity index (χ1v) is 11.4. The van der Waals surface area contributed by atoms with Crippen LogP contribution in [0.4, 0.5) is 0 Å². The highest BCUT2D eigenvalue weighted by molar-refractivity contribution is 5.75. The van der Waals surface area contributed by atoms with Gasteiger partial charge < -0.3 is 14.0 Å². The number of aryl methyl sites for hydroxylation is 1. The van der Waals surface area contributed by atoms with Gasteiger partial charge in [0.2, 0.25) is 0 Å². The fourth-order valence-corrected chi connectivity index (χ4v) is 3.57. The number of carbonyl (C=O) groups excluding carboxylic acids is 2. The molecule has 1 aromatic carbocycles. The normalized spacial score (nSPS) is 12.9. The van der Waals surface area contributed by atoms with E-state index in [1.165, 1.54) is 12.8 Å². The van der Waals surface area contributed by atoms with Crippen LogP contribution < -0.4 is 0 Å². The Kier molecular flexibility index (Phi) is 10.8. The van der Waals surface area contributed by atoms with Gasteiger partial charge in [0.25, 0.3) is 0 Å². The van der Waals surface area contributed by atoms with Gasteiger partial charge in [-0.3, -0.25) is 9.59 Å². The van der Waals surface area contributed by atoms with Crippen molar-refractivity contribution in [3.63, 3.8) is 0 Å². The fraction of sp³-hybridized carbons (Fsp3) is 0.560. The number of rotatable bonds is 14. The fourth-order valence-electron chi connectivity index (χ4n) is 3.57. The van der Waals surface area contributed by atoms with Crippen LogP contribution in [0.5, 0.6) is 0 Å². The summed E-state index contributed by atoms with van der Waals surface area (Å²) in [5.41, 5.74) is 1.84. The Hall–Kier alpha value is -2.63. The molecule has 2 atom stereocenters. The van der Waals surface area contributed by atoms with Crippen LogP contribution in [0.2, 0.25) is 0 Å². The van der Waals surface area contributed by atoms with Gasteiger partial charge >= 0.3 is 11.9 Å². The maximum atomic E-state index is 12.9. The lowest BCUT2D eigenvalue weighted by Crippen LogP contribution is -2.35. The molecule has 0 bridgehead atoms. The van der Waals surface area contributed by atoms with Gasteiger partial charge in [-0.25, -0.2) is 4.98 Å². The van der Waals surface area contributed by atoms with Crippen LogP contribution in [-0.2, 0) is 39.1 Å². The molecule has 0 aliphatic rings. The van der Waals surface area contributed by atoms with Gasteiger partial charge in [0.05, 0.1) is 12.2 Å². The molecule has 0 spiro atoms. The molecule has 2 aromatic rings. The van der Waals surface area contributed by atoms with Gasteiger partial charge in [-0.1, -0.05) is 69.9 Å². The average molecular weight is 429 g/mol. The van der Waals surface area contributed by atoms with Crippen molar-refractivity contribution >= 4 is 11.9 Å². The minimum atomic E-state index is -0.577. The summed E-state index contributed by atoms with van der Waals surface area (Å²) >= 11 is 0. The zero-order valence-electron chi connectivity index (χ0n) is 19.1. The maximum Gasteiger partial charge on any atom is 0.313 e. The molecule has 1 heterocycles. The smallest absolute Gasteiger partial charge is 0.313 e. The first-order chi connectivity index (χ1) is 15.0. The standard InChI is InChI=1S/C25H36N2O4/c1-4-6-7-8-12-15-24(28)31-23(16-21-17-26-19-27(21)3)22(5-2)25(29)30-18-20-13-10-9-11-14-20/h9-11,13-14,17,19,22-23H,4-8,12,15-16,18H2,1-3H3/t22-,23+/m0/s1. The summed E-state index contributed by atoms with van der Waals surface area (Å²) in [4.78, 5) is 29.5. The second kappa shape index (κ2) is 13.6. The number of unbranched alkanes of at least 4 members (excludes halogenated alkanes) is 4. The molecule has 0 saturated heterocycles. The van der Waals surface area contributed by atoms with E-state index in [2.05, 4.69) is 11.9 Å². The molecule has 0 saturated carbocycles. The number of benzene rings is 1. The number of aromatic nitrogens is 2. The number of carbonyl (C=O) groups is 2. The largest absolute Gasteiger partial charge is 0.461 e. The van der Waals surface area contributed by atoms with Crippen LogP contribution in [-0.4, -0.2) is 27.6 Å². The van der Waals surface area contributed by atoms with Crippen molar-refractivity contribution in [2.75, 3.05) is 0 Å². The third-order valence-corrected chi connectivity index (χ3v) is 5.51. The highest BCUT2D eigenvalue weighted by Gasteiger charge is 2.32. The molecule has 2 rings (SSSR count). The van der Waals surface area contributed by atoms with E-state index in [9.17, 15) is 9.59 Å². The molecule has 6 nitrogen and oxygen atoms in total. The highest BCUT2D eigenvalue weighted by atomic mass is 16.6. The van der Waals surface area contributed by atoms with E-state index in [4.69, 9.17) is 9.47 Å². The number of imidazole rings is 1. The Morgan fingerprint density at radius 2 is 1.81 bits per heavy atom. The Balaban J connectivity index is 2.01. The van der Waals surface area contributed by atoms with Gasteiger partial charge in [-0.15, -0.1) is 0 Å². The van der Waals surface area contributed by atoms with Crippen molar-refractivity contribution in [1.29, 1.82) is 0 Å². The van der Waals surface area contributed by atoms with Crippen LogP contribution in [0.25, 0.3) is 0 Å². The zero-order valence-corrected chi connectivity index (χ0v) is 19.1. The van der Waals surface area contributed by atoms with Crippen LogP contribution in [0.1, 0.15) is 70.1 Å². The maximum absolute atomic E-state index is 12.9. The molecule has 0 fully saturated rings. The van der Waals surface area contributed by atoms with Gasteiger partial charge in [0, 0.05) is 31.8 Å². The molecule has 0 N–H and O–H groups in total. The molecule has 0 aliphatic heterocycles. The van der Waals surface area contributed by atoms with Crippen LogP contribution >= 0.6 is 0 Å². The first kappa shape index (κ1) is 24.6. The lowest BCUT2D eigenvalue weighted by atomic mass is 9.95. The van der Waals surface area contributed by atoms with Gasteiger partial charge in [0.15, 0.2) is 0 Å². The van der Waals surface area contributed by atoms with E-state index in [0.29, 0.717) is 19.3 Å². The average Bonchev–Trinajstić information content (AvgIpc) is 3.17. The summed E-state index contributed by atoms with van der Waals surface area (Å²) in [6.07, 6.45) is 9.52. The van der Waals surface area contributed by atoms with Crippen LogP contribution in [0.3, 0.4) is 0 Å². The van der Waals surface area contributed by atoms with Gasteiger partial charge in [0.1, 0.15) is 12.7 Å². The Labute approximate surface area is 186 Å². The number of esters is 2. The zero-order chi connectivity index (χ0) is 22.5. The van der Waals surface area contributed by atoms with Crippen molar-refractivity contribution in [3.05, 3.63) is 54.1 Å². The molecule has 0 radical (unpaired) electrons. The lowest BCUT2D eigenvalue weighted by molar-refractivity contribution is -0.163.